The molecule has 0 radical (unpaired) electrons. The Balaban J connectivity index is 0.00000144. The van der Waals surface area contributed by atoms with Gasteiger partial charge in [0.25, 0.3) is 0 Å². The first-order valence-corrected chi connectivity index (χ1v) is 5.77. The van der Waals surface area contributed by atoms with E-state index >= 15 is 0 Å². The van der Waals surface area contributed by atoms with Crippen LogP contribution in [-0.4, -0.2) is 24.0 Å². The molecule has 0 atom stereocenters. The number of hydrogen-bond acceptors (Lipinski definition) is 5. The highest BCUT2D eigenvalue weighted by Crippen LogP contribution is 2.10. The molecule has 0 fully saturated rings. The zero-order valence-corrected chi connectivity index (χ0v) is 12.6. The highest BCUT2D eigenvalue weighted by Gasteiger charge is 2.09. The molecule has 0 unspecified atom stereocenters. The fourth-order valence-corrected chi connectivity index (χ4v) is 1.62. The predicted molar refractivity (Wildman–Crippen MR) is 77.8 cm³/mol. The first-order valence-electron chi connectivity index (χ1n) is 5.77. The molecule has 2 rings (SSSR count). The van der Waals surface area contributed by atoms with Crippen molar-refractivity contribution in [1.29, 1.82) is 0 Å². The van der Waals surface area contributed by atoms with E-state index in [0.717, 1.165) is 49.2 Å². The van der Waals surface area contributed by atoms with Crippen molar-refractivity contribution in [3.05, 3.63) is 17.3 Å². The Morgan fingerprint density at radius 2 is 2.29 bits per heavy atom. The second-order valence-corrected chi connectivity index (χ2v) is 3.83. The number of guanidine groups is 1. The summed E-state index contributed by atoms with van der Waals surface area (Å²) in [5, 5.41) is 6.43. The highest BCUT2D eigenvalue weighted by atomic mass is 127. The van der Waals surface area contributed by atoms with Gasteiger partial charge >= 0.3 is 0 Å². The standard InChI is InChI=1S/C11H18N4O.HI/c1-3-10-15-8(2)9(16-10)7-14-11-12-5-4-6-13-11;/h3-7H2,1-2H3,(H2,12,13,14);1H. The Bertz CT molecular complexity index is 389. The maximum atomic E-state index is 5.60. The summed E-state index contributed by atoms with van der Waals surface area (Å²) >= 11 is 0. The molecule has 1 aromatic rings. The summed E-state index contributed by atoms with van der Waals surface area (Å²) in [6.07, 6.45) is 1.94. The lowest BCUT2D eigenvalue weighted by molar-refractivity contribution is 0.453. The number of rotatable bonds is 3. The van der Waals surface area contributed by atoms with E-state index in [1.807, 2.05) is 13.8 Å². The van der Waals surface area contributed by atoms with Gasteiger partial charge in [0.05, 0.1) is 12.2 Å². The molecule has 1 aliphatic rings. The summed E-state index contributed by atoms with van der Waals surface area (Å²) < 4.78 is 5.60. The van der Waals surface area contributed by atoms with E-state index < -0.39 is 0 Å². The van der Waals surface area contributed by atoms with Crippen LogP contribution in [0.2, 0.25) is 0 Å². The number of hydrogen-bond donors (Lipinski definition) is 2. The summed E-state index contributed by atoms with van der Waals surface area (Å²) in [5.41, 5.74) is 0.959. The lowest BCUT2D eigenvalue weighted by Gasteiger charge is -2.15. The predicted octanol–water partition coefficient (Wildman–Crippen LogP) is 1.60. The van der Waals surface area contributed by atoms with Crippen LogP contribution in [0, 0.1) is 6.92 Å². The van der Waals surface area contributed by atoms with Crippen LogP contribution in [0.3, 0.4) is 0 Å². The molecule has 5 nitrogen and oxygen atoms in total. The lowest BCUT2D eigenvalue weighted by Crippen LogP contribution is -2.40. The van der Waals surface area contributed by atoms with Crippen LogP contribution in [0.4, 0.5) is 0 Å². The van der Waals surface area contributed by atoms with Gasteiger partial charge in [0.15, 0.2) is 11.9 Å². The smallest absolute Gasteiger partial charge is 0.194 e. The highest BCUT2D eigenvalue weighted by molar-refractivity contribution is 14.0. The first kappa shape index (κ1) is 14.3. The zero-order valence-electron chi connectivity index (χ0n) is 10.2. The van der Waals surface area contributed by atoms with Crippen molar-refractivity contribution < 1.29 is 4.42 Å². The molecule has 0 spiro atoms. The van der Waals surface area contributed by atoms with E-state index in [4.69, 9.17) is 4.42 Å². The first-order chi connectivity index (χ1) is 7.79. The normalized spacial score (nSPS) is 14.6. The number of oxazole rings is 1. The molecule has 1 aliphatic heterocycles. The second kappa shape index (κ2) is 6.83. The van der Waals surface area contributed by atoms with Crippen molar-refractivity contribution in [3.63, 3.8) is 0 Å². The lowest BCUT2D eigenvalue weighted by atomic mass is 10.3. The molecule has 96 valence electrons. The van der Waals surface area contributed by atoms with E-state index in [9.17, 15) is 0 Å². The minimum Gasteiger partial charge on any atom is -0.444 e. The summed E-state index contributed by atoms with van der Waals surface area (Å²) in [6, 6.07) is 0. The fraction of sp³-hybridized carbons (Fsp3) is 0.636. The molecule has 2 heterocycles. The topological polar surface area (TPSA) is 62.5 Å². The quantitative estimate of drug-likeness (QED) is 0.813. The van der Waals surface area contributed by atoms with Crippen molar-refractivity contribution in [2.24, 2.45) is 4.99 Å². The largest absolute Gasteiger partial charge is 0.444 e. The third-order valence-electron chi connectivity index (χ3n) is 2.55. The maximum Gasteiger partial charge on any atom is 0.194 e. The van der Waals surface area contributed by atoms with Crippen LogP contribution in [0.15, 0.2) is 9.41 Å². The van der Waals surface area contributed by atoms with Crippen LogP contribution in [-0.2, 0) is 13.0 Å². The number of aryl methyl sites for hydroxylation is 2. The van der Waals surface area contributed by atoms with E-state index in [-0.39, 0.29) is 24.0 Å². The third kappa shape index (κ3) is 3.86. The van der Waals surface area contributed by atoms with Crippen molar-refractivity contribution in [3.8, 4) is 0 Å². The molecular formula is C11H19IN4O. The van der Waals surface area contributed by atoms with Crippen molar-refractivity contribution >= 4 is 29.9 Å². The number of nitrogens with one attached hydrogen (secondary N) is 2. The molecule has 0 amide bonds. The van der Waals surface area contributed by atoms with Crippen LogP contribution in [0.1, 0.15) is 30.7 Å². The number of aromatic nitrogens is 1. The maximum absolute atomic E-state index is 5.60. The third-order valence-corrected chi connectivity index (χ3v) is 2.55. The number of aliphatic imine (C=N–C) groups is 1. The van der Waals surface area contributed by atoms with E-state index in [2.05, 4.69) is 20.6 Å². The van der Waals surface area contributed by atoms with Crippen molar-refractivity contribution in [2.45, 2.75) is 33.2 Å². The van der Waals surface area contributed by atoms with Gasteiger partial charge in [0.2, 0.25) is 0 Å². The Labute approximate surface area is 118 Å². The second-order valence-electron chi connectivity index (χ2n) is 3.83. The molecule has 0 saturated heterocycles. The Kier molecular flexibility index (Phi) is 5.73. The van der Waals surface area contributed by atoms with Crippen LogP contribution in [0.5, 0.6) is 0 Å². The van der Waals surface area contributed by atoms with Gasteiger partial charge < -0.3 is 15.1 Å². The molecule has 0 aromatic carbocycles. The summed E-state index contributed by atoms with van der Waals surface area (Å²) in [5.74, 6) is 2.56. The van der Waals surface area contributed by atoms with Gasteiger partial charge in [-0.2, -0.15) is 0 Å². The summed E-state index contributed by atoms with van der Waals surface area (Å²) in [7, 11) is 0. The summed E-state index contributed by atoms with van der Waals surface area (Å²) in [6.45, 7) is 6.53. The molecule has 6 heteroatoms. The van der Waals surface area contributed by atoms with Gasteiger partial charge in [0, 0.05) is 19.5 Å². The van der Waals surface area contributed by atoms with E-state index in [0.29, 0.717) is 6.54 Å². The van der Waals surface area contributed by atoms with E-state index in [1.165, 1.54) is 0 Å². The molecule has 2 N–H and O–H groups in total. The molecule has 0 aliphatic carbocycles. The Morgan fingerprint density at radius 3 is 2.88 bits per heavy atom. The van der Waals surface area contributed by atoms with E-state index in [1.54, 1.807) is 0 Å². The minimum absolute atomic E-state index is 0. The van der Waals surface area contributed by atoms with Gasteiger partial charge in [0.1, 0.15) is 5.76 Å². The molecule has 0 saturated carbocycles. The number of nitrogens with zero attached hydrogens (tertiary/aromatic N) is 2. The monoisotopic (exact) mass is 350 g/mol. The van der Waals surface area contributed by atoms with Gasteiger partial charge in [-0.1, -0.05) is 6.92 Å². The molecule has 1 aromatic heterocycles. The SMILES string of the molecule is CCc1nc(C)c(CNC2=NCCCN2)o1.I. The molecule has 0 bridgehead atoms. The Hall–Kier alpha value is -0.790. The van der Waals surface area contributed by atoms with Crippen molar-refractivity contribution in [2.75, 3.05) is 13.1 Å². The number of halogens is 1. The van der Waals surface area contributed by atoms with Crippen LogP contribution in [0.25, 0.3) is 0 Å². The van der Waals surface area contributed by atoms with Gasteiger partial charge in [-0.3, -0.25) is 4.99 Å². The van der Waals surface area contributed by atoms with Crippen LogP contribution >= 0.6 is 24.0 Å². The average Bonchev–Trinajstić information content (AvgIpc) is 2.69. The van der Waals surface area contributed by atoms with Gasteiger partial charge in [-0.15, -0.1) is 24.0 Å². The fourth-order valence-electron chi connectivity index (χ4n) is 1.62. The van der Waals surface area contributed by atoms with Gasteiger partial charge in [-0.25, -0.2) is 4.98 Å². The molecular weight excluding hydrogens is 331 g/mol. The minimum atomic E-state index is 0. The van der Waals surface area contributed by atoms with Gasteiger partial charge in [-0.05, 0) is 13.3 Å². The zero-order chi connectivity index (χ0) is 11.4. The average molecular weight is 350 g/mol. The van der Waals surface area contributed by atoms with Crippen LogP contribution < -0.4 is 10.6 Å². The summed E-state index contributed by atoms with van der Waals surface area (Å²) in [4.78, 5) is 8.66. The Morgan fingerprint density at radius 1 is 1.47 bits per heavy atom. The molecule has 17 heavy (non-hydrogen) atoms. The van der Waals surface area contributed by atoms with Crippen molar-refractivity contribution in [1.82, 2.24) is 15.6 Å².